The fraction of sp³-hybridized carbons (Fsp3) is 0.467. The van der Waals surface area contributed by atoms with Crippen molar-refractivity contribution in [2.45, 2.75) is 19.4 Å². The highest BCUT2D eigenvalue weighted by Crippen LogP contribution is 2.24. The van der Waals surface area contributed by atoms with Gasteiger partial charge in [-0.3, -0.25) is 4.90 Å². The molecule has 112 valence electrons. The van der Waals surface area contributed by atoms with Crippen molar-refractivity contribution in [2.24, 2.45) is 0 Å². The molecule has 0 bridgehead atoms. The zero-order valence-corrected chi connectivity index (χ0v) is 12.2. The molecule has 3 rings (SSSR count). The van der Waals surface area contributed by atoms with Gasteiger partial charge in [-0.05, 0) is 37.2 Å². The lowest BCUT2D eigenvalue weighted by atomic mass is 10.2. The summed E-state index contributed by atoms with van der Waals surface area (Å²) in [7, 11) is 0. The average Bonchev–Trinajstić information content (AvgIpc) is 2.98. The van der Waals surface area contributed by atoms with Gasteiger partial charge in [0.1, 0.15) is 6.10 Å². The Morgan fingerprint density at radius 2 is 2.14 bits per heavy atom. The second-order valence-corrected chi connectivity index (χ2v) is 5.24. The van der Waals surface area contributed by atoms with Gasteiger partial charge in [-0.2, -0.15) is 4.98 Å². The van der Waals surface area contributed by atoms with Crippen molar-refractivity contribution in [3.8, 4) is 11.5 Å². The first-order valence-electron chi connectivity index (χ1n) is 7.29. The summed E-state index contributed by atoms with van der Waals surface area (Å²) in [6.07, 6.45) is 1.02. The summed E-state index contributed by atoms with van der Waals surface area (Å²) < 4.78 is 11.1. The smallest absolute Gasteiger partial charge is 0.258 e. The number of ether oxygens (including phenoxy) is 1. The summed E-state index contributed by atoms with van der Waals surface area (Å²) in [6.45, 7) is 5.73. The molecule has 0 amide bonds. The molecule has 1 saturated heterocycles. The third-order valence-electron chi connectivity index (χ3n) is 3.58. The molecule has 1 aromatic carbocycles. The molecule has 2 N–H and O–H groups in total. The summed E-state index contributed by atoms with van der Waals surface area (Å²) in [5, 5.41) is 4.06. The van der Waals surface area contributed by atoms with Crippen LogP contribution in [0.15, 0.2) is 28.8 Å². The molecule has 1 aromatic heterocycles. The molecule has 1 fully saturated rings. The maximum atomic E-state index is 5.76. The Labute approximate surface area is 123 Å². The van der Waals surface area contributed by atoms with Crippen LogP contribution in [0.2, 0.25) is 0 Å². The number of aromatic nitrogens is 2. The van der Waals surface area contributed by atoms with E-state index in [0.29, 0.717) is 24.0 Å². The number of benzene rings is 1. The Morgan fingerprint density at radius 1 is 1.33 bits per heavy atom. The van der Waals surface area contributed by atoms with Gasteiger partial charge in [0, 0.05) is 24.3 Å². The van der Waals surface area contributed by atoms with Crippen LogP contribution in [-0.4, -0.2) is 41.3 Å². The highest BCUT2D eigenvalue weighted by atomic mass is 16.5. The van der Waals surface area contributed by atoms with E-state index in [1.807, 2.05) is 24.3 Å². The summed E-state index contributed by atoms with van der Waals surface area (Å²) in [4.78, 5) is 6.83. The third-order valence-corrected chi connectivity index (χ3v) is 3.58. The van der Waals surface area contributed by atoms with E-state index in [4.69, 9.17) is 15.0 Å². The molecule has 6 heteroatoms. The van der Waals surface area contributed by atoms with Crippen molar-refractivity contribution in [2.75, 3.05) is 32.0 Å². The Hall–Kier alpha value is -1.92. The number of rotatable bonds is 4. The molecule has 0 spiro atoms. The van der Waals surface area contributed by atoms with Crippen LogP contribution >= 0.6 is 0 Å². The molecule has 0 radical (unpaired) electrons. The lowest BCUT2D eigenvalue weighted by Gasteiger charge is -2.30. The summed E-state index contributed by atoms with van der Waals surface area (Å²) in [5.74, 6) is 1.11. The zero-order valence-electron chi connectivity index (χ0n) is 12.2. The van der Waals surface area contributed by atoms with E-state index in [0.717, 1.165) is 31.6 Å². The fourth-order valence-corrected chi connectivity index (χ4v) is 2.49. The van der Waals surface area contributed by atoms with E-state index in [1.54, 1.807) is 0 Å². The largest absolute Gasteiger partial charge is 0.399 e. The Balaban J connectivity index is 1.73. The maximum absolute atomic E-state index is 5.76. The predicted molar refractivity (Wildman–Crippen MR) is 79.6 cm³/mol. The van der Waals surface area contributed by atoms with Gasteiger partial charge in [-0.1, -0.05) is 12.1 Å². The van der Waals surface area contributed by atoms with Crippen LogP contribution in [0.3, 0.4) is 0 Å². The van der Waals surface area contributed by atoms with E-state index < -0.39 is 0 Å². The summed E-state index contributed by atoms with van der Waals surface area (Å²) >= 11 is 0. The van der Waals surface area contributed by atoms with Crippen molar-refractivity contribution in [1.82, 2.24) is 15.0 Å². The topological polar surface area (TPSA) is 77.4 Å². The molecule has 1 unspecified atom stereocenters. The van der Waals surface area contributed by atoms with Crippen molar-refractivity contribution in [3.05, 3.63) is 30.1 Å². The first-order valence-corrected chi connectivity index (χ1v) is 7.29. The van der Waals surface area contributed by atoms with Crippen LogP contribution in [0.1, 0.15) is 25.3 Å². The second-order valence-electron chi connectivity index (χ2n) is 5.24. The van der Waals surface area contributed by atoms with E-state index in [-0.39, 0.29) is 6.10 Å². The Bertz CT molecular complexity index is 580. The molecule has 0 saturated carbocycles. The van der Waals surface area contributed by atoms with Gasteiger partial charge < -0.3 is 15.0 Å². The van der Waals surface area contributed by atoms with Gasteiger partial charge in [0.15, 0.2) is 0 Å². The fourth-order valence-electron chi connectivity index (χ4n) is 2.49. The van der Waals surface area contributed by atoms with E-state index in [2.05, 4.69) is 22.0 Å². The van der Waals surface area contributed by atoms with Crippen molar-refractivity contribution in [1.29, 1.82) is 0 Å². The third kappa shape index (κ3) is 3.22. The standard InChI is InChI=1S/C15H20N4O2/c1-2-7-19-8-9-20-13(10-19)14-17-15(21-18-14)11-3-5-12(16)6-4-11/h3-6,13H,2,7-10,16H2,1H3. The SMILES string of the molecule is CCCN1CCOC(c2noc(-c3ccc(N)cc3)n2)C1. The Morgan fingerprint density at radius 3 is 2.90 bits per heavy atom. The molecule has 21 heavy (non-hydrogen) atoms. The van der Waals surface area contributed by atoms with Crippen LogP contribution in [-0.2, 0) is 4.74 Å². The first kappa shape index (κ1) is 14.0. The van der Waals surface area contributed by atoms with Gasteiger partial charge >= 0.3 is 0 Å². The lowest BCUT2D eigenvalue weighted by Crippen LogP contribution is -2.39. The molecule has 2 aromatic rings. The number of nitrogens with zero attached hydrogens (tertiary/aromatic N) is 3. The highest BCUT2D eigenvalue weighted by Gasteiger charge is 2.26. The average molecular weight is 288 g/mol. The molecule has 2 heterocycles. The predicted octanol–water partition coefficient (Wildman–Crippen LogP) is 2.10. The van der Waals surface area contributed by atoms with Crippen molar-refractivity contribution in [3.63, 3.8) is 0 Å². The van der Waals surface area contributed by atoms with Crippen LogP contribution in [0.5, 0.6) is 0 Å². The number of morpholine rings is 1. The van der Waals surface area contributed by atoms with E-state index in [1.165, 1.54) is 0 Å². The number of nitrogens with two attached hydrogens (primary N) is 1. The van der Waals surface area contributed by atoms with Crippen LogP contribution in [0, 0.1) is 0 Å². The van der Waals surface area contributed by atoms with Crippen LogP contribution in [0.25, 0.3) is 11.5 Å². The zero-order chi connectivity index (χ0) is 14.7. The monoisotopic (exact) mass is 288 g/mol. The maximum Gasteiger partial charge on any atom is 0.258 e. The molecular formula is C15H20N4O2. The number of hydrogen-bond donors (Lipinski definition) is 1. The van der Waals surface area contributed by atoms with Gasteiger partial charge in [0.2, 0.25) is 5.82 Å². The van der Waals surface area contributed by atoms with Crippen LogP contribution < -0.4 is 5.73 Å². The molecular weight excluding hydrogens is 268 g/mol. The van der Waals surface area contributed by atoms with Crippen LogP contribution in [0.4, 0.5) is 5.69 Å². The molecule has 1 atom stereocenters. The first-order chi connectivity index (χ1) is 10.3. The van der Waals surface area contributed by atoms with E-state index >= 15 is 0 Å². The van der Waals surface area contributed by atoms with E-state index in [9.17, 15) is 0 Å². The van der Waals surface area contributed by atoms with Crippen molar-refractivity contribution >= 4 is 5.69 Å². The minimum atomic E-state index is -0.114. The molecule has 1 aliphatic rings. The van der Waals surface area contributed by atoms with Gasteiger partial charge in [-0.25, -0.2) is 0 Å². The number of anilines is 1. The molecule has 1 aliphatic heterocycles. The molecule has 0 aliphatic carbocycles. The van der Waals surface area contributed by atoms with Gasteiger partial charge in [0.05, 0.1) is 6.61 Å². The Kier molecular flexibility index (Phi) is 4.17. The summed E-state index contributed by atoms with van der Waals surface area (Å²) in [6, 6.07) is 7.38. The number of hydrogen-bond acceptors (Lipinski definition) is 6. The highest BCUT2D eigenvalue weighted by molar-refractivity contribution is 5.56. The molecule has 6 nitrogen and oxygen atoms in total. The summed E-state index contributed by atoms with van der Waals surface area (Å²) in [5.41, 5.74) is 7.26. The number of nitrogen functional groups attached to an aromatic ring is 1. The van der Waals surface area contributed by atoms with Gasteiger partial charge in [-0.15, -0.1) is 0 Å². The minimum Gasteiger partial charge on any atom is -0.399 e. The lowest BCUT2D eigenvalue weighted by molar-refractivity contribution is -0.0350. The van der Waals surface area contributed by atoms with Gasteiger partial charge in [0.25, 0.3) is 5.89 Å². The quantitative estimate of drug-likeness (QED) is 0.868. The second kappa shape index (κ2) is 6.24. The van der Waals surface area contributed by atoms with Crippen molar-refractivity contribution < 1.29 is 9.26 Å². The normalized spacial score (nSPS) is 19.8. The minimum absolute atomic E-state index is 0.114.